The minimum absolute atomic E-state index is 0.0367. The summed E-state index contributed by atoms with van der Waals surface area (Å²) in [7, 11) is 0. The number of carboxylic acid groups (broad SMARTS) is 1. The summed E-state index contributed by atoms with van der Waals surface area (Å²) in [5.74, 6) is -1.09. The highest BCUT2D eigenvalue weighted by Crippen LogP contribution is 2.29. The predicted molar refractivity (Wildman–Crippen MR) is 77.3 cm³/mol. The normalized spacial score (nSPS) is 13.5. The Bertz CT molecular complexity index is 595. The van der Waals surface area contributed by atoms with Crippen molar-refractivity contribution in [1.82, 2.24) is 5.32 Å². The minimum Gasteiger partial charge on any atom is -0.478 e. The molecule has 1 aromatic rings. The Labute approximate surface area is 122 Å². The van der Waals surface area contributed by atoms with Crippen molar-refractivity contribution in [3.05, 3.63) is 29.3 Å². The first kappa shape index (κ1) is 15.0. The van der Waals surface area contributed by atoms with Gasteiger partial charge in [-0.1, -0.05) is 13.8 Å². The van der Waals surface area contributed by atoms with Gasteiger partial charge in [-0.2, -0.15) is 0 Å². The number of amides is 2. The first-order valence-electron chi connectivity index (χ1n) is 6.81. The summed E-state index contributed by atoms with van der Waals surface area (Å²) in [6.45, 7) is 4.50. The summed E-state index contributed by atoms with van der Waals surface area (Å²) >= 11 is 0. The molecule has 0 radical (unpaired) electrons. The molecule has 112 valence electrons. The first-order valence-corrected chi connectivity index (χ1v) is 6.81. The third kappa shape index (κ3) is 3.39. The number of anilines is 1. The van der Waals surface area contributed by atoms with Crippen molar-refractivity contribution in [2.24, 2.45) is 5.92 Å². The molecule has 0 saturated carbocycles. The molecule has 1 heterocycles. The van der Waals surface area contributed by atoms with Crippen molar-refractivity contribution in [2.75, 3.05) is 18.0 Å². The van der Waals surface area contributed by atoms with Crippen LogP contribution >= 0.6 is 0 Å². The fourth-order valence-corrected chi connectivity index (χ4v) is 2.21. The van der Waals surface area contributed by atoms with Crippen molar-refractivity contribution in [3.8, 4) is 0 Å². The molecule has 21 heavy (non-hydrogen) atoms. The van der Waals surface area contributed by atoms with Crippen molar-refractivity contribution in [3.63, 3.8) is 0 Å². The van der Waals surface area contributed by atoms with Gasteiger partial charge in [0.05, 0.1) is 12.0 Å². The number of carbonyl (C=O) groups excluding carboxylic acids is 2. The Kier molecular flexibility index (Phi) is 4.26. The summed E-state index contributed by atoms with van der Waals surface area (Å²) < 4.78 is 0. The highest BCUT2D eigenvalue weighted by Gasteiger charge is 2.29. The molecular formula is C15H18N2O4. The third-order valence-corrected chi connectivity index (χ3v) is 3.27. The van der Waals surface area contributed by atoms with Gasteiger partial charge in [0, 0.05) is 12.2 Å². The summed E-state index contributed by atoms with van der Waals surface area (Å²) in [4.78, 5) is 36.1. The second-order valence-electron chi connectivity index (χ2n) is 5.50. The fraction of sp³-hybridized carbons (Fsp3) is 0.400. The highest BCUT2D eigenvalue weighted by atomic mass is 16.4. The van der Waals surface area contributed by atoms with Crippen LogP contribution in [-0.4, -0.2) is 36.0 Å². The molecule has 0 fully saturated rings. The molecule has 0 saturated heterocycles. The number of nitrogens with one attached hydrogen (secondary N) is 1. The molecule has 6 nitrogen and oxygen atoms in total. The quantitative estimate of drug-likeness (QED) is 0.848. The molecule has 0 aliphatic carbocycles. The van der Waals surface area contributed by atoms with Gasteiger partial charge in [-0.25, -0.2) is 4.79 Å². The Morgan fingerprint density at radius 2 is 2.10 bits per heavy atom. The van der Waals surface area contributed by atoms with Crippen molar-refractivity contribution in [1.29, 1.82) is 0 Å². The molecule has 2 amide bonds. The number of benzene rings is 1. The maximum Gasteiger partial charge on any atom is 0.335 e. The zero-order chi connectivity index (χ0) is 15.6. The van der Waals surface area contributed by atoms with Crippen LogP contribution in [0, 0.1) is 5.92 Å². The summed E-state index contributed by atoms with van der Waals surface area (Å²) in [5.41, 5.74) is 1.41. The molecular weight excluding hydrogens is 272 g/mol. The van der Waals surface area contributed by atoms with Gasteiger partial charge in [0.25, 0.3) is 0 Å². The molecule has 2 rings (SSSR count). The zero-order valence-corrected chi connectivity index (χ0v) is 12.0. The lowest BCUT2D eigenvalue weighted by Crippen LogP contribution is -2.40. The zero-order valence-electron chi connectivity index (χ0n) is 12.0. The van der Waals surface area contributed by atoms with Crippen LogP contribution in [0.15, 0.2) is 18.2 Å². The smallest absolute Gasteiger partial charge is 0.335 e. The highest BCUT2D eigenvalue weighted by molar-refractivity contribution is 6.05. The molecule has 0 bridgehead atoms. The fourth-order valence-electron chi connectivity index (χ4n) is 2.21. The van der Waals surface area contributed by atoms with Crippen LogP contribution in [0.4, 0.5) is 5.69 Å². The average Bonchev–Trinajstić information content (AvgIpc) is 2.72. The van der Waals surface area contributed by atoms with E-state index in [0.717, 1.165) is 0 Å². The second kappa shape index (κ2) is 5.95. The molecule has 6 heteroatoms. The van der Waals surface area contributed by atoms with E-state index in [1.807, 2.05) is 13.8 Å². The monoisotopic (exact) mass is 290 g/mol. The van der Waals surface area contributed by atoms with E-state index in [1.165, 1.54) is 17.0 Å². The second-order valence-corrected chi connectivity index (χ2v) is 5.50. The third-order valence-electron chi connectivity index (χ3n) is 3.27. The maximum absolute atomic E-state index is 12.0. The molecule has 2 N–H and O–H groups in total. The lowest BCUT2D eigenvalue weighted by Gasteiger charge is -2.17. The van der Waals surface area contributed by atoms with E-state index in [-0.39, 0.29) is 30.3 Å². The standard InChI is InChI=1S/C15H18N2O4/c1-9(2)7-16-13(18)8-17-12-4-3-10(15(20)21)5-11(12)6-14(17)19/h3-5,9H,6-8H2,1-2H3,(H,16,18)(H,20,21). The van der Waals surface area contributed by atoms with E-state index in [9.17, 15) is 14.4 Å². The summed E-state index contributed by atoms with van der Waals surface area (Å²) in [6.07, 6.45) is 0.133. The number of aromatic carboxylic acids is 1. The van der Waals surface area contributed by atoms with E-state index in [4.69, 9.17) is 5.11 Å². The SMILES string of the molecule is CC(C)CNC(=O)CN1C(=O)Cc2cc(C(=O)O)ccc21. The van der Waals surface area contributed by atoms with Crippen LogP contribution < -0.4 is 10.2 Å². The predicted octanol–water partition coefficient (Wildman–Crippen LogP) is 1.05. The molecule has 0 unspecified atom stereocenters. The number of fused-ring (bicyclic) bond motifs is 1. The van der Waals surface area contributed by atoms with Crippen LogP contribution in [0.25, 0.3) is 0 Å². The van der Waals surface area contributed by atoms with Gasteiger partial charge in [0.2, 0.25) is 11.8 Å². The Morgan fingerprint density at radius 3 is 2.71 bits per heavy atom. The average molecular weight is 290 g/mol. The Hall–Kier alpha value is -2.37. The number of carboxylic acids is 1. The van der Waals surface area contributed by atoms with Gasteiger partial charge in [0.1, 0.15) is 6.54 Å². The van der Waals surface area contributed by atoms with Gasteiger partial charge in [-0.3, -0.25) is 9.59 Å². The van der Waals surface area contributed by atoms with Gasteiger partial charge < -0.3 is 15.3 Å². The topological polar surface area (TPSA) is 86.7 Å². The Balaban J connectivity index is 2.11. The van der Waals surface area contributed by atoms with Gasteiger partial charge in [-0.05, 0) is 29.7 Å². The largest absolute Gasteiger partial charge is 0.478 e. The van der Waals surface area contributed by atoms with Gasteiger partial charge >= 0.3 is 5.97 Å². The number of hydrogen-bond acceptors (Lipinski definition) is 3. The minimum atomic E-state index is -1.03. The summed E-state index contributed by atoms with van der Waals surface area (Å²) in [5, 5.41) is 11.7. The van der Waals surface area contributed by atoms with Crippen molar-refractivity contribution < 1.29 is 19.5 Å². The van der Waals surface area contributed by atoms with Crippen molar-refractivity contribution >= 4 is 23.5 Å². The van der Waals surface area contributed by atoms with Crippen LogP contribution in [-0.2, 0) is 16.0 Å². The van der Waals surface area contributed by atoms with E-state index < -0.39 is 5.97 Å². The molecule has 0 spiro atoms. The molecule has 1 aliphatic heterocycles. The lowest BCUT2D eigenvalue weighted by molar-refractivity contribution is -0.123. The van der Waals surface area contributed by atoms with E-state index in [2.05, 4.69) is 5.32 Å². The lowest BCUT2D eigenvalue weighted by atomic mass is 10.1. The summed E-state index contributed by atoms with van der Waals surface area (Å²) in [6, 6.07) is 4.51. The van der Waals surface area contributed by atoms with E-state index >= 15 is 0 Å². The number of rotatable bonds is 5. The maximum atomic E-state index is 12.0. The molecule has 0 atom stereocenters. The molecule has 1 aromatic carbocycles. The van der Waals surface area contributed by atoms with E-state index in [1.54, 1.807) is 6.07 Å². The molecule has 0 aromatic heterocycles. The van der Waals surface area contributed by atoms with Crippen LogP contribution in [0.2, 0.25) is 0 Å². The van der Waals surface area contributed by atoms with Crippen molar-refractivity contribution in [2.45, 2.75) is 20.3 Å². The number of hydrogen-bond donors (Lipinski definition) is 2. The first-order chi connectivity index (χ1) is 9.88. The van der Waals surface area contributed by atoms with Crippen LogP contribution in [0.1, 0.15) is 29.8 Å². The van der Waals surface area contributed by atoms with Gasteiger partial charge in [-0.15, -0.1) is 0 Å². The van der Waals surface area contributed by atoms with Crippen LogP contribution in [0.5, 0.6) is 0 Å². The molecule has 1 aliphatic rings. The van der Waals surface area contributed by atoms with Crippen LogP contribution in [0.3, 0.4) is 0 Å². The Morgan fingerprint density at radius 1 is 1.38 bits per heavy atom. The number of carbonyl (C=O) groups is 3. The number of nitrogens with zero attached hydrogens (tertiary/aromatic N) is 1. The van der Waals surface area contributed by atoms with E-state index in [0.29, 0.717) is 23.7 Å². The van der Waals surface area contributed by atoms with Gasteiger partial charge in [0.15, 0.2) is 0 Å².